The first-order valence-electron chi connectivity index (χ1n) is 8.74. The number of nitrogens with zero attached hydrogens (tertiary/aromatic N) is 3. The molecule has 1 aliphatic heterocycles. The zero-order valence-electron chi connectivity index (χ0n) is 14.7. The third-order valence-electron chi connectivity index (χ3n) is 4.57. The number of nitrogens with one attached hydrogen (secondary N) is 1. The van der Waals surface area contributed by atoms with Gasteiger partial charge >= 0.3 is 0 Å². The summed E-state index contributed by atoms with van der Waals surface area (Å²) in [6, 6.07) is 9.66. The van der Waals surface area contributed by atoms with Crippen molar-refractivity contribution in [3.05, 3.63) is 47.2 Å². The number of sulfone groups is 1. The highest BCUT2D eigenvalue weighted by Crippen LogP contribution is 2.23. The molecule has 8 heteroatoms. The molecule has 0 radical (unpaired) electrons. The van der Waals surface area contributed by atoms with E-state index < -0.39 is 9.84 Å². The predicted molar refractivity (Wildman–Crippen MR) is 106 cm³/mol. The maximum absolute atomic E-state index is 11.8. The van der Waals surface area contributed by atoms with Crippen LogP contribution in [0.4, 0.5) is 11.6 Å². The van der Waals surface area contributed by atoms with E-state index in [9.17, 15) is 8.42 Å². The minimum atomic E-state index is -2.93. The van der Waals surface area contributed by atoms with Gasteiger partial charge in [-0.15, -0.1) is 0 Å². The largest absolute Gasteiger partial charge is 0.370 e. The molecule has 1 fully saturated rings. The fraction of sp³-hybridized carbons (Fsp3) is 0.444. The second-order valence-electron chi connectivity index (χ2n) is 6.41. The number of hydrogen-bond donors (Lipinski definition) is 1. The van der Waals surface area contributed by atoms with E-state index in [1.807, 2.05) is 37.3 Å². The standard InChI is InChI=1S/C18H23ClN4O2S/c1-2-23(16-8-10-26(24,25)12-16)18-11-17(21-13-22-18)20-9-7-14-3-5-15(19)6-4-14/h3-6,11,13,16H,2,7-10,12H2,1H3,(H,20,21,22). The van der Waals surface area contributed by atoms with Crippen LogP contribution in [0.3, 0.4) is 0 Å². The van der Waals surface area contributed by atoms with E-state index in [0.717, 1.165) is 29.6 Å². The van der Waals surface area contributed by atoms with E-state index in [4.69, 9.17) is 11.6 Å². The zero-order chi connectivity index (χ0) is 18.6. The SMILES string of the molecule is CCN(c1cc(NCCc2ccc(Cl)cc2)ncn1)C1CCS(=O)(=O)C1. The molecule has 1 saturated heterocycles. The predicted octanol–water partition coefficient (Wildman–Crippen LogP) is 2.80. The van der Waals surface area contributed by atoms with Gasteiger partial charge in [0.25, 0.3) is 0 Å². The van der Waals surface area contributed by atoms with E-state index in [-0.39, 0.29) is 17.5 Å². The molecule has 2 aromatic rings. The van der Waals surface area contributed by atoms with Crippen molar-refractivity contribution < 1.29 is 8.42 Å². The normalized spacial score (nSPS) is 18.6. The topological polar surface area (TPSA) is 75.2 Å². The van der Waals surface area contributed by atoms with Crippen molar-refractivity contribution in [1.29, 1.82) is 0 Å². The number of aromatic nitrogens is 2. The number of anilines is 2. The molecule has 140 valence electrons. The number of rotatable bonds is 7. The molecule has 1 aliphatic rings. The van der Waals surface area contributed by atoms with Crippen LogP contribution in [-0.4, -0.2) is 49.0 Å². The summed E-state index contributed by atoms with van der Waals surface area (Å²) in [6.07, 6.45) is 3.03. The molecule has 26 heavy (non-hydrogen) atoms. The van der Waals surface area contributed by atoms with E-state index in [1.165, 1.54) is 11.9 Å². The minimum absolute atomic E-state index is 0.0122. The van der Waals surface area contributed by atoms with Crippen LogP contribution in [0.5, 0.6) is 0 Å². The van der Waals surface area contributed by atoms with E-state index in [1.54, 1.807) is 0 Å². The summed E-state index contributed by atoms with van der Waals surface area (Å²) in [6.45, 7) is 3.46. The Morgan fingerprint density at radius 2 is 2.04 bits per heavy atom. The molecular weight excluding hydrogens is 372 g/mol. The summed E-state index contributed by atoms with van der Waals surface area (Å²) in [4.78, 5) is 10.7. The zero-order valence-corrected chi connectivity index (χ0v) is 16.3. The summed E-state index contributed by atoms with van der Waals surface area (Å²) in [5.41, 5.74) is 1.20. The molecular formula is C18H23ClN4O2S. The van der Waals surface area contributed by atoms with Crippen LogP contribution in [-0.2, 0) is 16.3 Å². The van der Waals surface area contributed by atoms with Crippen LogP contribution >= 0.6 is 11.6 Å². The first kappa shape index (κ1) is 18.9. The minimum Gasteiger partial charge on any atom is -0.370 e. The first-order valence-corrected chi connectivity index (χ1v) is 10.9. The molecule has 2 heterocycles. The highest BCUT2D eigenvalue weighted by Gasteiger charge is 2.32. The summed E-state index contributed by atoms with van der Waals surface area (Å²) < 4.78 is 23.6. The molecule has 0 saturated carbocycles. The smallest absolute Gasteiger partial charge is 0.152 e. The van der Waals surface area contributed by atoms with Crippen LogP contribution in [0.2, 0.25) is 5.02 Å². The van der Waals surface area contributed by atoms with Gasteiger partial charge in [-0.2, -0.15) is 0 Å². The van der Waals surface area contributed by atoms with Crippen molar-refractivity contribution in [2.24, 2.45) is 0 Å². The van der Waals surface area contributed by atoms with Gasteiger partial charge in [-0.3, -0.25) is 0 Å². The lowest BCUT2D eigenvalue weighted by Gasteiger charge is -2.28. The Morgan fingerprint density at radius 1 is 1.27 bits per heavy atom. The van der Waals surface area contributed by atoms with Crippen molar-refractivity contribution >= 4 is 33.1 Å². The van der Waals surface area contributed by atoms with Gasteiger partial charge in [0.2, 0.25) is 0 Å². The fourth-order valence-corrected chi connectivity index (χ4v) is 5.07. The Labute approximate surface area is 159 Å². The molecule has 0 spiro atoms. The van der Waals surface area contributed by atoms with Crippen LogP contribution in [0.1, 0.15) is 18.9 Å². The van der Waals surface area contributed by atoms with Crippen molar-refractivity contribution in [2.75, 3.05) is 34.8 Å². The average molecular weight is 395 g/mol. The molecule has 1 N–H and O–H groups in total. The number of hydrogen-bond acceptors (Lipinski definition) is 6. The van der Waals surface area contributed by atoms with Gasteiger partial charge in [-0.05, 0) is 37.5 Å². The summed E-state index contributed by atoms with van der Waals surface area (Å²) in [7, 11) is -2.93. The van der Waals surface area contributed by atoms with Crippen molar-refractivity contribution in [3.8, 4) is 0 Å². The Hall–Kier alpha value is -1.86. The highest BCUT2D eigenvalue weighted by atomic mass is 35.5. The monoisotopic (exact) mass is 394 g/mol. The maximum atomic E-state index is 11.8. The molecule has 0 aliphatic carbocycles. The lowest BCUT2D eigenvalue weighted by atomic mass is 10.1. The highest BCUT2D eigenvalue weighted by molar-refractivity contribution is 7.91. The Kier molecular flexibility index (Phi) is 5.98. The average Bonchev–Trinajstić information content (AvgIpc) is 2.97. The van der Waals surface area contributed by atoms with Crippen LogP contribution in [0.25, 0.3) is 0 Å². The van der Waals surface area contributed by atoms with E-state index in [0.29, 0.717) is 13.0 Å². The summed E-state index contributed by atoms with van der Waals surface area (Å²) >= 11 is 5.90. The number of benzene rings is 1. The third-order valence-corrected chi connectivity index (χ3v) is 6.57. The first-order chi connectivity index (χ1) is 12.5. The van der Waals surface area contributed by atoms with Crippen LogP contribution < -0.4 is 10.2 Å². The molecule has 1 aromatic heterocycles. The second kappa shape index (κ2) is 8.22. The maximum Gasteiger partial charge on any atom is 0.152 e. The van der Waals surface area contributed by atoms with Crippen molar-refractivity contribution in [3.63, 3.8) is 0 Å². The van der Waals surface area contributed by atoms with E-state index >= 15 is 0 Å². The van der Waals surface area contributed by atoms with Crippen LogP contribution in [0.15, 0.2) is 36.7 Å². The summed E-state index contributed by atoms with van der Waals surface area (Å²) in [5, 5.41) is 4.04. The fourth-order valence-electron chi connectivity index (χ4n) is 3.22. The molecule has 1 aromatic carbocycles. The van der Waals surface area contributed by atoms with Gasteiger partial charge in [0.1, 0.15) is 18.0 Å². The van der Waals surface area contributed by atoms with E-state index in [2.05, 4.69) is 20.2 Å². The second-order valence-corrected chi connectivity index (χ2v) is 9.07. The van der Waals surface area contributed by atoms with Gasteiger partial charge in [0.05, 0.1) is 11.5 Å². The quantitative estimate of drug-likeness (QED) is 0.778. The van der Waals surface area contributed by atoms with Gasteiger partial charge < -0.3 is 10.2 Å². The van der Waals surface area contributed by atoms with Gasteiger partial charge in [0.15, 0.2) is 9.84 Å². The molecule has 3 rings (SSSR count). The van der Waals surface area contributed by atoms with Crippen molar-refractivity contribution in [1.82, 2.24) is 9.97 Å². The molecule has 1 atom stereocenters. The molecule has 0 amide bonds. The number of halogens is 1. The Bertz CT molecular complexity index is 843. The van der Waals surface area contributed by atoms with Gasteiger partial charge in [0, 0.05) is 30.2 Å². The van der Waals surface area contributed by atoms with Gasteiger partial charge in [-0.25, -0.2) is 18.4 Å². The van der Waals surface area contributed by atoms with Crippen LogP contribution in [0, 0.1) is 0 Å². The lowest BCUT2D eigenvalue weighted by Crippen LogP contribution is -2.36. The van der Waals surface area contributed by atoms with Gasteiger partial charge in [-0.1, -0.05) is 23.7 Å². The molecule has 0 bridgehead atoms. The van der Waals surface area contributed by atoms with Crippen molar-refractivity contribution in [2.45, 2.75) is 25.8 Å². The Balaban J connectivity index is 1.62. The lowest BCUT2D eigenvalue weighted by molar-refractivity contribution is 0.599. The Morgan fingerprint density at radius 3 is 2.69 bits per heavy atom. The summed E-state index contributed by atoms with van der Waals surface area (Å²) in [5.74, 6) is 1.96. The third kappa shape index (κ3) is 4.86. The molecule has 6 nitrogen and oxygen atoms in total. The molecule has 1 unspecified atom stereocenters.